The molecule has 0 amide bonds. The summed E-state index contributed by atoms with van der Waals surface area (Å²) in [5, 5.41) is 0. The van der Waals surface area contributed by atoms with E-state index in [0.29, 0.717) is 5.69 Å². The van der Waals surface area contributed by atoms with Crippen LogP contribution in [0, 0.1) is 5.82 Å². The summed E-state index contributed by atoms with van der Waals surface area (Å²) in [6.45, 7) is 1.98. The molecule has 0 radical (unpaired) electrons. The minimum absolute atomic E-state index is 0.112. The molecule has 0 heterocycles. The van der Waals surface area contributed by atoms with Gasteiger partial charge in [-0.05, 0) is 43.2 Å². The molecular formula is C16H18BrFN2. The summed E-state index contributed by atoms with van der Waals surface area (Å²) in [6.07, 6.45) is 0.810. The summed E-state index contributed by atoms with van der Waals surface area (Å²) < 4.78 is 14.8. The van der Waals surface area contributed by atoms with Gasteiger partial charge in [-0.3, -0.25) is 0 Å². The quantitative estimate of drug-likeness (QED) is 0.904. The number of anilines is 2. The summed E-state index contributed by atoms with van der Waals surface area (Å²) in [5.41, 5.74) is 8.46. The highest BCUT2D eigenvalue weighted by molar-refractivity contribution is 9.10. The molecule has 2 aromatic rings. The van der Waals surface area contributed by atoms with Crippen molar-refractivity contribution in [2.24, 2.45) is 5.73 Å². The summed E-state index contributed by atoms with van der Waals surface area (Å²) in [6, 6.07) is 12.9. The normalized spacial score (nSPS) is 12.2. The predicted octanol–water partition coefficient (Wildman–Crippen LogP) is 4.25. The van der Waals surface area contributed by atoms with Gasteiger partial charge in [0.25, 0.3) is 0 Å². The van der Waals surface area contributed by atoms with Gasteiger partial charge in [0.15, 0.2) is 0 Å². The molecule has 0 aliphatic heterocycles. The first-order chi connectivity index (χ1) is 9.49. The standard InChI is InChI=1S/C16H18BrFN2/c1-11(19)9-12-7-8-13(10-14(12)17)20(2)16-6-4-3-5-15(16)18/h3-8,10-11H,9,19H2,1-2H3. The maximum atomic E-state index is 13.8. The third-order valence-electron chi connectivity index (χ3n) is 3.18. The average Bonchev–Trinajstić information content (AvgIpc) is 2.40. The van der Waals surface area contributed by atoms with Crippen LogP contribution in [0.4, 0.5) is 15.8 Å². The fourth-order valence-electron chi connectivity index (χ4n) is 2.12. The van der Waals surface area contributed by atoms with E-state index in [0.717, 1.165) is 22.1 Å². The Morgan fingerprint density at radius 3 is 2.55 bits per heavy atom. The van der Waals surface area contributed by atoms with Crippen LogP contribution >= 0.6 is 15.9 Å². The van der Waals surface area contributed by atoms with Crippen LogP contribution in [0.1, 0.15) is 12.5 Å². The molecule has 4 heteroatoms. The maximum Gasteiger partial charge on any atom is 0.146 e. The molecule has 1 atom stereocenters. The molecule has 0 fully saturated rings. The van der Waals surface area contributed by atoms with Crippen molar-refractivity contribution in [3.8, 4) is 0 Å². The average molecular weight is 337 g/mol. The summed E-state index contributed by atoms with van der Waals surface area (Å²) in [4.78, 5) is 1.83. The third-order valence-corrected chi connectivity index (χ3v) is 3.92. The monoisotopic (exact) mass is 336 g/mol. The van der Waals surface area contributed by atoms with E-state index in [1.54, 1.807) is 12.1 Å². The Hall–Kier alpha value is -1.39. The predicted molar refractivity (Wildman–Crippen MR) is 86.0 cm³/mol. The Labute approximate surface area is 127 Å². The zero-order valence-corrected chi connectivity index (χ0v) is 13.2. The van der Waals surface area contributed by atoms with Crippen molar-refractivity contribution in [3.63, 3.8) is 0 Å². The first-order valence-electron chi connectivity index (χ1n) is 6.51. The van der Waals surface area contributed by atoms with Gasteiger partial charge in [0.2, 0.25) is 0 Å². The molecule has 2 rings (SSSR count). The van der Waals surface area contributed by atoms with Crippen molar-refractivity contribution < 1.29 is 4.39 Å². The van der Waals surface area contributed by atoms with Crippen molar-refractivity contribution in [3.05, 3.63) is 58.3 Å². The topological polar surface area (TPSA) is 29.3 Å². The molecule has 0 aromatic heterocycles. The van der Waals surface area contributed by atoms with E-state index in [2.05, 4.69) is 15.9 Å². The molecule has 2 nitrogen and oxygen atoms in total. The molecule has 0 bridgehead atoms. The van der Waals surface area contributed by atoms with Crippen LogP contribution in [0.25, 0.3) is 0 Å². The summed E-state index contributed by atoms with van der Waals surface area (Å²) in [7, 11) is 1.85. The lowest BCUT2D eigenvalue weighted by Crippen LogP contribution is -2.18. The minimum atomic E-state index is -0.231. The van der Waals surface area contributed by atoms with Crippen molar-refractivity contribution in [1.82, 2.24) is 0 Å². The van der Waals surface area contributed by atoms with Crippen molar-refractivity contribution >= 4 is 27.3 Å². The molecule has 0 aliphatic rings. The smallest absolute Gasteiger partial charge is 0.146 e. The Kier molecular flexibility index (Phi) is 4.78. The molecule has 20 heavy (non-hydrogen) atoms. The van der Waals surface area contributed by atoms with Gasteiger partial charge in [-0.25, -0.2) is 4.39 Å². The number of hydrogen-bond donors (Lipinski definition) is 1. The number of benzene rings is 2. The summed E-state index contributed by atoms with van der Waals surface area (Å²) >= 11 is 3.56. The van der Waals surface area contributed by atoms with Crippen LogP contribution in [0.2, 0.25) is 0 Å². The van der Waals surface area contributed by atoms with Crippen LogP contribution in [0.3, 0.4) is 0 Å². The van der Waals surface area contributed by atoms with E-state index in [1.807, 2.05) is 43.1 Å². The van der Waals surface area contributed by atoms with Crippen LogP contribution in [-0.4, -0.2) is 13.1 Å². The third kappa shape index (κ3) is 3.38. The van der Waals surface area contributed by atoms with Crippen LogP contribution in [0.15, 0.2) is 46.9 Å². The van der Waals surface area contributed by atoms with Gasteiger partial charge in [0.1, 0.15) is 5.82 Å². The fraction of sp³-hybridized carbons (Fsp3) is 0.250. The molecule has 0 aliphatic carbocycles. The van der Waals surface area contributed by atoms with Crippen LogP contribution in [-0.2, 0) is 6.42 Å². The second-order valence-electron chi connectivity index (χ2n) is 4.97. The van der Waals surface area contributed by atoms with Crippen LogP contribution in [0.5, 0.6) is 0 Å². The fourth-order valence-corrected chi connectivity index (χ4v) is 2.65. The number of nitrogens with two attached hydrogens (primary N) is 1. The zero-order chi connectivity index (χ0) is 14.7. The van der Waals surface area contributed by atoms with Crippen molar-refractivity contribution in [2.45, 2.75) is 19.4 Å². The molecular weight excluding hydrogens is 319 g/mol. The first kappa shape index (κ1) is 15.0. The van der Waals surface area contributed by atoms with Crippen molar-refractivity contribution in [1.29, 1.82) is 0 Å². The van der Waals surface area contributed by atoms with Crippen LogP contribution < -0.4 is 10.6 Å². The van der Waals surface area contributed by atoms with Gasteiger partial charge in [0, 0.05) is 23.2 Å². The van der Waals surface area contributed by atoms with E-state index in [-0.39, 0.29) is 11.9 Å². The van der Waals surface area contributed by atoms with E-state index in [4.69, 9.17) is 5.73 Å². The Morgan fingerprint density at radius 1 is 1.25 bits per heavy atom. The Morgan fingerprint density at radius 2 is 1.95 bits per heavy atom. The van der Waals surface area contributed by atoms with E-state index in [1.165, 1.54) is 6.07 Å². The van der Waals surface area contributed by atoms with Gasteiger partial charge in [0.05, 0.1) is 5.69 Å². The Bertz CT molecular complexity index is 599. The SMILES string of the molecule is CC(N)Cc1ccc(N(C)c2ccccc2F)cc1Br. The number of nitrogens with zero attached hydrogens (tertiary/aromatic N) is 1. The van der Waals surface area contributed by atoms with Crippen molar-refractivity contribution in [2.75, 3.05) is 11.9 Å². The maximum absolute atomic E-state index is 13.8. The van der Waals surface area contributed by atoms with Gasteiger partial charge in [-0.15, -0.1) is 0 Å². The van der Waals surface area contributed by atoms with Gasteiger partial charge in [-0.1, -0.05) is 34.1 Å². The first-order valence-corrected chi connectivity index (χ1v) is 7.30. The second-order valence-corrected chi connectivity index (χ2v) is 5.82. The lowest BCUT2D eigenvalue weighted by atomic mass is 10.1. The molecule has 0 saturated heterocycles. The molecule has 1 unspecified atom stereocenters. The highest BCUT2D eigenvalue weighted by atomic mass is 79.9. The number of hydrogen-bond acceptors (Lipinski definition) is 2. The highest BCUT2D eigenvalue weighted by Crippen LogP contribution is 2.30. The lowest BCUT2D eigenvalue weighted by molar-refractivity contribution is 0.627. The van der Waals surface area contributed by atoms with Gasteiger partial charge >= 0.3 is 0 Å². The molecule has 2 N–H and O–H groups in total. The highest BCUT2D eigenvalue weighted by Gasteiger charge is 2.11. The second kappa shape index (κ2) is 6.37. The van der Waals surface area contributed by atoms with Gasteiger partial charge in [-0.2, -0.15) is 0 Å². The van der Waals surface area contributed by atoms with E-state index in [9.17, 15) is 4.39 Å². The molecule has 0 spiro atoms. The summed E-state index contributed by atoms with van der Waals surface area (Å²) in [5.74, 6) is -0.231. The molecule has 0 saturated carbocycles. The number of para-hydroxylation sites is 1. The number of rotatable bonds is 4. The minimum Gasteiger partial charge on any atom is -0.342 e. The largest absolute Gasteiger partial charge is 0.342 e. The van der Waals surface area contributed by atoms with Gasteiger partial charge < -0.3 is 10.6 Å². The van der Waals surface area contributed by atoms with E-state index < -0.39 is 0 Å². The number of halogens is 2. The molecule has 2 aromatic carbocycles. The lowest BCUT2D eigenvalue weighted by Gasteiger charge is -2.21. The van der Waals surface area contributed by atoms with E-state index >= 15 is 0 Å². The Balaban J connectivity index is 2.30. The molecule has 106 valence electrons. The zero-order valence-electron chi connectivity index (χ0n) is 11.6.